The Labute approximate surface area is 136 Å². The fraction of sp³-hybridized carbons (Fsp3) is 0.500. The van der Waals surface area contributed by atoms with Gasteiger partial charge >= 0.3 is 0 Å². The number of likely N-dealkylation sites (N-methyl/N-ethyl adjacent to an activating group) is 1. The summed E-state index contributed by atoms with van der Waals surface area (Å²) < 4.78 is 16.0. The van der Waals surface area contributed by atoms with Crippen molar-refractivity contribution in [1.29, 1.82) is 0 Å². The standard InChI is InChI=1S/C18H23FN4/c1-2-22-11-5-6-13(12-22)17-14-9-10-20-18(14)23(21-17)16-8-4-3-7-15(16)19/h3-4,7-8,13,20H,2,5-6,9-12H2,1H3. The lowest BCUT2D eigenvalue weighted by atomic mass is 9.92. The number of nitrogens with zero attached hydrogens (tertiary/aromatic N) is 3. The molecular weight excluding hydrogens is 291 g/mol. The molecule has 1 atom stereocenters. The highest BCUT2D eigenvalue weighted by atomic mass is 19.1. The summed E-state index contributed by atoms with van der Waals surface area (Å²) in [6, 6.07) is 6.88. The molecule has 0 amide bonds. The molecule has 1 unspecified atom stereocenters. The molecule has 2 aliphatic heterocycles. The molecule has 4 nitrogen and oxygen atoms in total. The van der Waals surface area contributed by atoms with E-state index in [0.717, 1.165) is 31.9 Å². The highest BCUT2D eigenvalue weighted by molar-refractivity contribution is 5.58. The van der Waals surface area contributed by atoms with E-state index in [-0.39, 0.29) is 5.82 Å². The average Bonchev–Trinajstić information content (AvgIpc) is 3.18. The first kappa shape index (κ1) is 14.7. The van der Waals surface area contributed by atoms with Gasteiger partial charge in [-0.25, -0.2) is 9.07 Å². The second-order valence-electron chi connectivity index (χ2n) is 6.48. The van der Waals surface area contributed by atoms with Crippen LogP contribution in [0.1, 0.15) is 36.9 Å². The zero-order chi connectivity index (χ0) is 15.8. The maximum absolute atomic E-state index is 14.2. The van der Waals surface area contributed by atoms with Gasteiger partial charge in [0.05, 0.1) is 5.69 Å². The van der Waals surface area contributed by atoms with Crippen LogP contribution in [-0.4, -0.2) is 40.9 Å². The largest absolute Gasteiger partial charge is 0.369 e. The van der Waals surface area contributed by atoms with Crippen LogP contribution in [0.3, 0.4) is 0 Å². The van der Waals surface area contributed by atoms with Crippen LogP contribution in [-0.2, 0) is 6.42 Å². The summed E-state index contributed by atoms with van der Waals surface area (Å²) in [4.78, 5) is 2.49. The first-order valence-electron chi connectivity index (χ1n) is 8.61. The third-order valence-electron chi connectivity index (χ3n) is 5.10. The lowest BCUT2D eigenvalue weighted by molar-refractivity contribution is 0.215. The highest BCUT2D eigenvalue weighted by Gasteiger charge is 2.30. The smallest absolute Gasteiger partial charge is 0.148 e. The molecule has 1 fully saturated rings. The van der Waals surface area contributed by atoms with Crippen molar-refractivity contribution in [3.05, 3.63) is 41.3 Å². The van der Waals surface area contributed by atoms with Gasteiger partial charge in [0.25, 0.3) is 0 Å². The third kappa shape index (κ3) is 2.53. The highest BCUT2D eigenvalue weighted by Crippen LogP contribution is 2.36. The Kier molecular flexibility index (Phi) is 3.81. The van der Waals surface area contributed by atoms with Gasteiger partial charge in [-0.3, -0.25) is 0 Å². The summed E-state index contributed by atoms with van der Waals surface area (Å²) in [5.41, 5.74) is 3.00. The summed E-state index contributed by atoms with van der Waals surface area (Å²) in [5.74, 6) is 1.22. The SMILES string of the molecule is CCN1CCCC(c2nn(-c3ccccc3F)c3c2CCN3)C1. The number of halogens is 1. The molecule has 122 valence electrons. The molecule has 1 aromatic heterocycles. The van der Waals surface area contributed by atoms with Crippen LogP contribution in [0.15, 0.2) is 24.3 Å². The molecule has 1 aromatic carbocycles. The molecule has 0 radical (unpaired) electrons. The molecular formula is C18H23FN4. The Hall–Kier alpha value is -1.88. The van der Waals surface area contributed by atoms with Crippen LogP contribution in [0.4, 0.5) is 10.2 Å². The van der Waals surface area contributed by atoms with Crippen molar-refractivity contribution in [3.63, 3.8) is 0 Å². The lowest BCUT2D eigenvalue weighted by Crippen LogP contribution is -2.34. The molecule has 0 bridgehead atoms. The van der Waals surface area contributed by atoms with E-state index in [9.17, 15) is 4.39 Å². The average molecular weight is 314 g/mol. The second kappa shape index (κ2) is 5.96. The van der Waals surface area contributed by atoms with Crippen molar-refractivity contribution in [2.24, 2.45) is 0 Å². The van der Waals surface area contributed by atoms with E-state index >= 15 is 0 Å². The number of piperidine rings is 1. The Morgan fingerprint density at radius 1 is 1.35 bits per heavy atom. The van der Waals surface area contributed by atoms with Crippen LogP contribution in [0, 0.1) is 5.82 Å². The Morgan fingerprint density at radius 3 is 3.04 bits per heavy atom. The van der Waals surface area contributed by atoms with Crippen LogP contribution in [0.2, 0.25) is 0 Å². The zero-order valence-electron chi connectivity index (χ0n) is 13.6. The molecule has 23 heavy (non-hydrogen) atoms. The predicted molar refractivity (Wildman–Crippen MR) is 89.8 cm³/mol. The molecule has 2 aromatic rings. The molecule has 5 heteroatoms. The van der Waals surface area contributed by atoms with Gasteiger partial charge in [-0.15, -0.1) is 0 Å². The number of hydrogen-bond donors (Lipinski definition) is 1. The fourth-order valence-electron chi connectivity index (χ4n) is 3.89. The molecule has 2 aliphatic rings. The minimum absolute atomic E-state index is 0.225. The third-order valence-corrected chi connectivity index (χ3v) is 5.10. The number of likely N-dealkylation sites (tertiary alicyclic amines) is 1. The van der Waals surface area contributed by atoms with E-state index in [1.54, 1.807) is 16.8 Å². The van der Waals surface area contributed by atoms with E-state index in [1.807, 2.05) is 6.07 Å². The van der Waals surface area contributed by atoms with Gasteiger partial charge in [0.15, 0.2) is 0 Å². The van der Waals surface area contributed by atoms with Gasteiger partial charge < -0.3 is 10.2 Å². The Balaban J connectivity index is 1.75. The Bertz CT molecular complexity index is 709. The number of rotatable bonds is 3. The van der Waals surface area contributed by atoms with Gasteiger partial charge in [-0.2, -0.15) is 5.10 Å². The van der Waals surface area contributed by atoms with Gasteiger partial charge in [0.1, 0.15) is 17.3 Å². The molecule has 0 aliphatic carbocycles. The van der Waals surface area contributed by atoms with Crippen molar-refractivity contribution < 1.29 is 4.39 Å². The van der Waals surface area contributed by atoms with Gasteiger partial charge in [0.2, 0.25) is 0 Å². The van der Waals surface area contributed by atoms with E-state index in [2.05, 4.69) is 17.1 Å². The number of hydrogen-bond acceptors (Lipinski definition) is 3. The molecule has 1 saturated heterocycles. The minimum atomic E-state index is -0.225. The van der Waals surface area contributed by atoms with Crippen LogP contribution in [0.25, 0.3) is 5.69 Å². The number of benzene rings is 1. The summed E-state index contributed by atoms with van der Waals surface area (Å²) in [7, 11) is 0. The van der Waals surface area contributed by atoms with Crippen molar-refractivity contribution >= 4 is 5.82 Å². The number of fused-ring (bicyclic) bond motifs is 1. The van der Waals surface area contributed by atoms with Crippen molar-refractivity contribution in [3.8, 4) is 5.69 Å². The number of anilines is 1. The first-order chi connectivity index (χ1) is 11.3. The second-order valence-corrected chi connectivity index (χ2v) is 6.48. The molecule has 4 rings (SSSR count). The summed E-state index contributed by atoms with van der Waals surface area (Å²) in [5, 5.41) is 8.24. The predicted octanol–water partition coefficient (Wildman–Crippen LogP) is 3.18. The topological polar surface area (TPSA) is 33.1 Å². The maximum atomic E-state index is 14.2. The quantitative estimate of drug-likeness (QED) is 0.944. The maximum Gasteiger partial charge on any atom is 0.148 e. The van der Waals surface area contributed by atoms with Crippen molar-refractivity contribution in [2.75, 3.05) is 31.5 Å². The Morgan fingerprint density at radius 2 is 2.22 bits per heavy atom. The van der Waals surface area contributed by atoms with Crippen LogP contribution < -0.4 is 5.32 Å². The summed E-state index contributed by atoms with van der Waals surface area (Å²) >= 11 is 0. The number of para-hydroxylation sites is 1. The van der Waals surface area contributed by atoms with E-state index in [0.29, 0.717) is 11.6 Å². The van der Waals surface area contributed by atoms with Gasteiger partial charge in [-0.1, -0.05) is 19.1 Å². The number of aromatic nitrogens is 2. The van der Waals surface area contributed by atoms with E-state index < -0.39 is 0 Å². The molecule has 3 heterocycles. The molecule has 0 spiro atoms. The minimum Gasteiger partial charge on any atom is -0.369 e. The van der Waals surface area contributed by atoms with Crippen molar-refractivity contribution in [1.82, 2.24) is 14.7 Å². The molecule has 0 saturated carbocycles. The zero-order valence-corrected chi connectivity index (χ0v) is 13.6. The van der Waals surface area contributed by atoms with E-state index in [4.69, 9.17) is 5.10 Å². The monoisotopic (exact) mass is 314 g/mol. The number of nitrogens with one attached hydrogen (secondary N) is 1. The molecule has 1 N–H and O–H groups in total. The normalized spacial score (nSPS) is 21.2. The van der Waals surface area contributed by atoms with E-state index in [1.165, 1.54) is 36.7 Å². The van der Waals surface area contributed by atoms with Crippen molar-refractivity contribution in [2.45, 2.75) is 32.1 Å². The first-order valence-corrected chi connectivity index (χ1v) is 8.61. The lowest BCUT2D eigenvalue weighted by Gasteiger charge is -2.31. The summed E-state index contributed by atoms with van der Waals surface area (Å²) in [6.45, 7) is 6.47. The van der Waals surface area contributed by atoms with Gasteiger partial charge in [0, 0.05) is 24.6 Å². The van der Waals surface area contributed by atoms with Crippen LogP contribution >= 0.6 is 0 Å². The van der Waals surface area contributed by atoms with Gasteiger partial charge in [-0.05, 0) is 44.5 Å². The summed E-state index contributed by atoms with van der Waals surface area (Å²) in [6.07, 6.45) is 3.38. The fourth-order valence-corrected chi connectivity index (χ4v) is 3.89. The van der Waals surface area contributed by atoms with Crippen LogP contribution in [0.5, 0.6) is 0 Å².